The van der Waals surface area contributed by atoms with Gasteiger partial charge in [-0.05, 0) is 30.7 Å². The number of benzene rings is 1. The maximum atomic E-state index is 12.0. The Labute approximate surface area is 158 Å². The summed E-state index contributed by atoms with van der Waals surface area (Å²) in [6.45, 7) is 7.15. The normalized spacial score (nSPS) is 12.6. The van der Waals surface area contributed by atoms with Gasteiger partial charge in [-0.15, -0.1) is 0 Å². The number of carbonyl (C=O) groups excluding carboxylic acids is 1. The van der Waals surface area contributed by atoms with Gasteiger partial charge < -0.3 is 21.7 Å². The number of rotatable bonds is 7. The molecule has 0 radical (unpaired) electrons. The van der Waals surface area contributed by atoms with Gasteiger partial charge in [0.15, 0.2) is 11.8 Å². The topological polar surface area (TPSA) is 117 Å². The van der Waals surface area contributed by atoms with Crippen molar-refractivity contribution in [2.45, 2.75) is 26.3 Å². The highest BCUT2D eigenvalue weighted by Gasteiger charge is 2.16. The van der Waals surface area contributed by atoms with Crippen LogP contribution in [-0.4, -0.2) is 28.4 Å². The Kier molecular flexibility index (Phi) is 5.65. The summed E-state index contributed by atoms with van der Waals surface area (Å²) in [4.78, 5) is 24.9. The first-order valence-corrected chi connectivity index (χ1v) is 8.85. The highest BCUT2D eigenvalue weighted by molar-refractivity contribution is 5.94. The van der Waals surface area contributed by atoms with Crippen LogP contribution in [0.15, 0.2) is 42.0 Å². The minimum absolute atomic E-state index is 0.0543. The smallest absolute Gasteiger partial charge is 0.251 e. The largest absolute Gasteiger partial charge is 0.379 e. The Morgan fingerprint density at radius 3 is 2.81 bits per heavy atom. The molecule has 1 amide bonds. The molecule has 0 aliphatic carbocycles. The third-order valence-corrected chi connectivity index (χ3v) is 4.03. The van der Waals surface area contributed by atoms with Crippen LogP contribution in [0.1, 0.15) is 41.5 Å². The van der Waals surface area contributed by atoms with Crippen LogP contribution < -0.4 is 21.7 Å². The van der Waals surface area contributed by atoms with Gasteiger partial charge in [0.05, 0.1) is 24.1 Å². The van der Waals surface area contributed by atoms with E-state index in [-0.39, 0.29) is 11.9 Å². The fraction of sp³-hybridized carbons (Fsp3) is 0.263. The molecule has 2 heterocycles. The third-order valence-electron chi connectivity index (χ3n) is 4.03. The highest BCUT2D eigenvalue weighted by atomic mass is 16.1. The van der Waals surface area contributed by atoms with E-state index in [2.05, 4.69) is 44.4 Å². The molecule has 8 nitrogen and oxygen atoms in total. The molecule has 3 rings (SSSR count). The number of aromatic nitrogens is 2. The van der Waals surface area contributed by atoms with Crippen molar-refractivity contribution >= 4 is 29.1 Å². The summed E-state index contributed by atoms with van der Waals surface area (Å²) >= 11 is 0. The summed E-state index contributed by atoms with van der Waals surface area (Å²) in [7, 11) is 0. The molecule has 0 spiro atoms. The zero-order valence-electron chi connectivity index (χ0n) is 15.2. The number of hydrogen-bond acceptors (Lipinski definition) is 7. The molecule has 1 aliphatic heterocycles. The number of nitrogens with one attached hydrogen (secondary N) is 3. The van der Waals surface area contributed by atoms with Crippen molar-refractivity contribution in [3.8, 4) is 0 Å². The monoisotopic (exact) mass is 365 g/mol. The van der Waals surface area contributed by atoms with E-state index in [0.717, 1.165) is 24.2 Å². The first-order valence-electron chi connectivity index (χ1n) is 8.85. The van der Waals surface area contributed by atoms with Crippen LogP contribution in [-0.2, 0) is 6.54 Å². The SMILES string of the molecule is C=C1NC(N)=Nc2ncc(CNc3ccc(C(=O)NCCCC)cc3)nc21. The van der Waals surface area contributed by atoms with Gasteiger partial charge in [-0.1, -0.05) is 19.9 Å². The van der Waals surface area contributed by atoms with E-state index in [4.69, 9.17) is 5.73 Å². The molecule has 1 aromatic carbocycles. The van der Waals surface area contributed by atoms with Crippen molar-refractivity contribution < 1.29 is 4.79 Å². The minimum Gasteiger partial charge on any atom is -0.379 e. The molecule has 2 aromatic rings. The summed E-state index contributed by atoms with van der Waals surface area (Å²) < 4.78 is 0. The lowest BCUT2D eigenvalue weighted by atomic mass is 10.2. The van der Waals surface area contributed by atoms with Crippen molar-refractivity contribution in [1.29, 1.82) is 0 Å². The molecular formula is C19H23N7O. The standard InChI is InChI=1S/C19H23N7O/c1-3-4-9-21-18(27)13-5-7-14(8-6-13)22-10-15-11-23-17-16(25-15)12(2)24-19(20)26-17/h5-8,11,22H,2-4,9-10H2,1H3,(H,21,27)(H3,20,23,24,26). The number of nitrogens with zero attached hydrogens (tertiary/aromatic N) is 3. The maximum Gasteiger partial charge on any atom is 0.251 e. The van der Waals surface area contributed by atoms with Crippen LogP contribution in [0, 0.1) is 0 Å². The van der Waals surface area contributed by atoms with E-state index in [1.54, 1.807) is 18.3 Å². The molecular weight excluding hydrogens is 342 g/mol. The number of nitrogens with two attached hydrogens (primary N) is 1. The first-order chi connectivity index (χ1) is 13.1. The van der Waals surface area contributed by atoms with Gasteiger partial charge in [-0.3, -0.25) is 4.79 Å². The lowest BCUT2D eigenvalue weighted by molar-refractivity contribution is 0.0953. The van der Waals surface area contributed by atoms with E-state index in [0.29, 0.717) is 35.9 Å². The fourth-order valence-electron chi connectivity index (χ4n) is 2.56. The Morgan fingerprint density at radius 1 is 1.30 bits per heavy atom. The first kappa shape index (κ1) is 18.4. The van der Waals surface area contributed by atoms with Gasteiger partial charge in [0.25, 0.3) is 5.91 Å². The molecule has 0 saturated heterocycles. The van der Waals surface area contributed by atoms with Gasteiger partial charge in [0, 0.05) is 17.8 Å². The zero-order chi connectivity index (χ0) is 19.2. The Morgan fingerprint density at radius 2 is 2.07 bits per heavy atom. The van der Waals surface area contributed by atoms with E-state index in [9.17, 15) is 4.79 Å². The van der Waals surface area contributed by atoms with Crippen molar-refractivity contribution in [1.82, 2.24) is 20.6 Å². The summed E-state index contributed by atoms with van der Waals surface area (Å²) in [5.74, 6) is 0.659. The third kappa shape index (κ3) is 4.60. The molecule has 0 saturated carbocycles. The summed E-state index contributed by atoms with van der Waals surface area (Å²) in [6.07, 6.45) is 3.68. The molecule has 1 aliphatic rings. The molecule has 140 valence electrons. The molecule has 1 aromatic heterocycles. The molecule has 0 bridgehead atoms. The van der Waals surface area contributed by atoms with Crippen LogP contribution in [0.25, 0.3) is 5.70 Å². The Balaban J connectivity index is 1.60. The van der Waals surface area contributed by atoms with Crippen molar-refractivity contribution in [2.75, 3.05) is 11.9 Å². The molecule has 8 heteroatoms. The second kappa shape index (κ2) is 8.31. The number of aliphatic imine (C=N–C) groups is 1. The molecule has 0 fully saturated rings. The van der Waals surface area contributed by atoms with Gasteiger partial charge >= 0.3 is 0 Å². The Hall–Kier alpha value is -3.42. The Bertz CT molecular complexity index is 874. The average molecular weight is 365 g/mol. The van der Waals surface area contributed by atoms with Crippen molar-refractivity contribution in [3.63, 3.8) is 0 Å². The van der Waals surface area contributed by atoms with Gasteiger partial charge in [-0.2, -0.15) is 4.99 Å². The maximum absolute atomic E-state index is 12.0. The number of hydrogen-bond donors (Lipinski definition) is 4. The minimum atomic E-state index is -0.0543. The van der Waals surface area contributed by atoms with E-state index in [1.807, 2.05) is 12.1 Å². The second-order valence-electron chi connectivity index (χ2n) is 6.17. The number of fused-ring (bicyclic) bond motifs is 1. The van der Waals surface area contributed by atoms with Crippen molar-refractivity contribution in [3.05, 3.63) is 54.0 Å². The number of amides is 1. The second-order valence-corrected chi connectivity index (χ2v) is 6.17. The summed E-state index contributed by atoms with van der Waals surface area (Å²) in [5.41, 5.74) is 9.08. The lowest BCUT2D eigenvalue weighted by Crippen LogP contribution is -2.32. The molecule has 0 unspecified atom stereocenters. The number of unbranched alkanes of at least 4 members (excludes halogenated alkanes) is 1. The van der Waals surface area contributed by atoms with Crippen LogP contribution in [0.2, 0.25) is 0 Å². The lowest BCUT2D eigenvalue weighted by Gasteiger charge is -2.16. The summed E-state index contributed by atoms with van der Waals surface area (Å²) in [6, 6.07) is 7.33. The summed E-state index contributed by atoms with van der Waals surface area (Å²) in [5, 5.41) is 9.01. The van der Waals surface area contributed by atoms with Crippen LogP contribution in [0.5, 0.6) is 0 Å². The fourth-order valence-corrected chi connectivity index (χ4v) is 2.56. The quantitative estimate of drug-likeness (QED) is 0.559. The molecule has 0 atom stereocenters. The van der Waals surface area contributed by atoms with Gasteiger partial charge in [0.2, 0.25) is 0 Å². The van der Waals surface area contributed by atoms with Crippen LogP contribution in [0.4, 0.5) is 11.5 Å². The van der Waals surface area contributed by atoms with E-state index in [1.165, 1.54) is 0 Å². The zero-order valence-corrected chi connectivity index (χ0v) is 15.2. The number of carbonyl (C=O) groups is 1. The predicted molar refractivity (Wildman–Crippen MR) is 106 cm³/mol. The molecule has 5 N–H and O–H groups in total. The van der Waals surface area contributed by atoms with E-state index < -0.39 is 0 Å². The highest BCUT2D eigenvalue weighted by Crippen LogP contribution is 2.23. The van der Waals surface area contributed by atoms with E-state index >= 15 is 0 Å². The van der Waals surface area contributed by atoms with Crippen LogP contribution >= 0.6 is 0 Å². The predicted octanol–water partition coefficient (Wildman–Crippen LogP) is 2.14. The van der Waals surface area contributed by atoms with Crippen LogP contribution in [0.3, 0.4) is 0 Å². The van der Waals surface area contributed by atoms with Gasteiger partial charge in [-0.25, -0.2) is 9.97 Å². The number of guanidine groups is 1. The number of anilines is 1. The molecule has 27 heavy (non-hydrogen) atoms. The van der Waals surface area contributed by atoms with Gasteiger partial charge in [0.1, 0.15) is 5.69 Å². The average Bonchev–Trinajstić information content (AvgIpc) is 2.67. The van der Waals surface area contributed by atoms with Crippen molar-refractivity contribution in [2.24, 2.45) is 10.7 Å².